The van der Waals surface area contributed by atoms with Crippen LogP contribution < -0.4 is 5.32 Å². The molecule has 18 heavy (non-hydrogen) atoms. The van der Waals surface area contributed by atoms with Crippen LogP contribution >= 0.6 is 0 Å². The summed E-state index contributed by atoms with van der Waals surface area (Å²) in [5, 5.41) is 3.22. The summed E-state index contributed by atoms with van der Waals surface area (Å²) in [5.41, 5.74) is 0. The molecule has 2 heterocycles. The molecule has 4 heteroatoms. The number of likely N-dealkylation sites (N-methyl/N-ethyl adjacent to an activating group) is 1. The minimum absolute atomic E-state index is 0.157. The highest BCUT2D eigenvalue weighted by Crippen LogP contribution is 2.16. The number of nitrogens with zero attached hydrogens (tertiary/aromatic N) is 2. The van der Waals surface area contributed by atoms with Crippen LogP contribution in [0.5, 0.6) is 0 Å². The van der Waals surface area contributed by atoms with Gasteiger partial charge in [0.1, 0.15) is 0 Å². The van der Waals surface area contributed by atoms with Gasteiger partial charge in [0.25, 0.3) is 0 Å². The maximum Gasteiger partial charge on any atom is 0.317 e. The molecule has 2 amide bonds. The van der Waals surface area contributed by atoms with Crippen molar-refractivity contribution in [2.24, 2.45) is 5.92 Å². The summed E-state index contributed by atoms with van der Waals surface area (Å²) in [7, 11) is 0. The molecule has 2 atom stereocenters. The predicted molar refractivity (Wildman–Crippen MR) is 73.6 cm³/mol. The van der Waals surface area contributed by atoms with Gasteiger partial charge in [0, 0.05) is 25.7 Å². The molecular weight excluding hydrogens is 226 g/mol. The Morgan fingerprint density at radius 3 is 2.72 bits per heavy atom. The molecule has 4 nitrogen and oxygen atoms in total. The molecule has 2 aliphatic rings. The van der Waals surface area contributed by atoms with Gasteiger partial charge in [-0.25, -0.2) is 4.79 Å². The summed E-state index contributed by atoms with van der Waals surface area (Å²) >= 11 is 0. The van der Waals surface area contributed by atoms with Gasteiger partial charge in [0.2, 0.25) is 0 Å². The van der Waals surface area contributed by atoms with E-state index in [2.05, 4.69) is 24.1 Å². The van der Waals surface area contributed by atoms with E-state index in [4.69, 9.17) is 0 Å². The van der Waals surface area contributed by atoms with Crippen LogP contribution in [0.2, 0.25) is 0 Å². The Kier molecular flexibility index (Phi) is 4.87. The smallest absolute Gasteiger partial charge is 0.317 e. The number of likely N-dealkylation sites (tertiary alicyclic amines) is 2. The second-order valence-electron chi connectivity index (χ2n) is 5.88. The lowest BCUT2D eigenvalue weighted by atomic mass is 10.0. The van der Waals surface area contributed by atoms with E-state index in [1.54, 1.807) is 0 Å². The zero-order valence-electron chi connectivity index (χ0n) is 11.8. The molecule has 104 valence electrons. The van der Waals surface area contributed by atoms with Crippen LogP contribution in [0.15, 0.2) is 0 Å². The average molecular weight is 253 g/mol. The number of amides is 2. The summed E-state index contributed by atoms with van der Waals surface area (Å²) in [6, 6.07) is 0.507. The van der Waals surface area contributed by atoms with Crippen LogP contribution in [0.3, 0.4) is 0 Å². The van der Waals surface area contributed by atoms with E-state index in [9.17, 15) is 4.79 Å². The van der Waals surface area contributed by atoms with E-state index in [0.29, 0.717) is 12.0 Å². The number of hydrogen-bond donors (Lipinski definition) is 1. The van der Waals surface area contributed by atoms with Crippen LogP contribution in [-0.4, -0.2) is 54.6 Å². The van der Waals surface area contributed by atoms with E-state index < -0.39 is 0 Å². The predicted octanol–water partition coefficient (Wildman–Crippen LogP) is 1.91. The molecule has 0 aromatic carbocycles. The number of piperidine rings is 2. The van der Waals surface area contributed by atoms with Gasteiger partial charge in [-0.1, -0.05) is 13.8 Å². The average Bonchev–Trinajstić information content (AvgIpc) is 2.39. The molecule has 0 saturated carbocycles. The largest absolute Gasteiger partial charge is 0.334 e. The first-order valence-corrected chi connectivity index (χ1v) is 7.46. The second-order valence-corrected chi connectivity index (χ2v) is 5.88. The van der Waals surface area contributed by atoms with Gasteiger partial charge in [-0.2, -0.15) is 0 Å². The number of nitrogens with one attached hydrogen (secondary N) is 1. The third kappa shape index (κ3) is 3.61. The molecule has 2 saturated heterocycles. The van der Waals surface area contributed by atoms with E-state index in [-0.39, 0.29) is 6.03 Å². The highest BCUT2D eigenvalue weighted by molar-refractivity contribution is 5.74. The summed E-state index contributed by atoms with van der Waals surface area (Å²) in [6.07, 6.45) is 4.75. The van der Waals surface area contributed by atoms with Gasteiger partial charge in [0.05, 0.1) is 0 Å². The van der Waals surface area contributed by atoms with Gasteiger partial charge in [0.15, 0.2) is 0 Å². The molecule has 2 fully saturated rings. The minimum atomic E-state index is 0.157. The lowest BCUT2D eigenvalue weighted by Crippen LogP contribution is -2.53. The number of carbonyl (C=O) groups excluding carboxylic acids is 1. The normalized spacial score (nSPS) is 30.2. The Labute approximate surface area is 111 Å². The third-order valence-electron chi connectivity index (χ3n) is 4.22. The number of hydrogen-bond acceptors (Lipinski definition) is 2. The SMILES string of the molecule is CCN1CCCC(NC(=O)N2CCCC(C)C2)C1. The van der Waals surface area contributed by atoms with Crippen molar-refractivity contribution in [3.63, 3.8) is 0 Å². The third-order valence-corrected chi connectivity index (χ3v) is 4.22. The topological polar surface area (TPSA) is 35.6 Å². The summed E-state index contributed by atoms with van der Waals surface area (Å²) in [6.45, 7) is 9.58. The van der Waals surface area contributed by atoms with Crippen molar-refractivity contribution < 1.29 is 4.79 Å². The standard InChI is InChI=1S/C14H27N3O/c1-3-16-8-5-7-13(11-16)15-14(18)17-9-4-6-12(2)10-17/h12-13H,3-11H2,1-2H3,(H,15,18). The Bertz CT molecular complexity index is 282. The first-order chi connectivity index (χ1) is 8.69. The molecule has 2 rings (SSSR count). The van der Waals surface area contributed by atoms with Crippen molar-refractivity contribution >= 4 is 6.03 Å². The van der Waals surface area contributed by atoms with Crippen LogP contribution in [-0.2, 0) is 0 Å². The summed E-state index contributed by atoms with van der Waals surface area (Å²) < 4.78 is 0. The maximum atomic E-state index is 12.2. The van der Waals surface area contributed by atoms with Crippen molar-refractivity contribution in [2.75, 3.05) is 32.7 Å². The molecule has 0 aromatic heterocycles. The van der Waals surface area contributed by atoms with Crippen LogP contribution in [0.1, 0.15) is 39.5 Å². The van der Waals surface area contributed by atoms with Crippen molar-refractivity contribution in [3.05, 3.63) is 0 Å². The molecule has 2 unspecified atom stereocenters. The van der Waals surface area contributed by atoms with E-state index >= 15 is 0 Å². The number of urea groups is 1. The first kappa shape index (κ1) is 13.7. The Morgan fingerprint density at radius 2 is 2.00 bits per heavy atom. The van der Waals surface area contributed by atoms with Crippen LogP contribution in [0.25, 0.3) is 0 Å². The van der Waals surface area contributed by atoms with Gasteiger partial charge >= 0.3 is 6.03 Å². The fraction of sp³-hybridized carbons (Fsp3) is 0.929. The minimum Gasteiger partial charge on any atom is -0.334 e. The number of rotatable bonds is 2. The molecule has 2 aliphatic heterocycles. The van der Waals surface area contributed by atoms with Gasteiger partial charge < -0.3 is 15.1 Å². The van der Waals surface area contributed by atoms with Crippen LogP contribution in [0, 0.1) is 5.92 Å². The molecule has 1 N–H and O–H groups in total. The Morgan fingerprint density at radius 1 is 1.22 bits per heavy atom. The number of carbonyl (C=O) groups is 1. The molecular formula is C14H27N3O. The van der Waals surface area contributed by atoms with E-state index in [0.717, 1.165) is 39.0 Å². The lowest BCUT2D eigenvalue weighted by Gasteiger charge is -2.36. The van der Waals surface area contributed by atoms with Crippen molar-refractivity contribution in [1.82, 2.24) is 15.1 Å². The molecule has 0 bridgehead atoms. The lowest BCUT2D eigenvalue weighted by molar-refractivity contribution is 0.152. The van der Waals surface area contributed by atoms with Crippen molar-refractivity contribution in [3.8, 4) is 0 Å². The van der Waals surface area contributed by atoms with Crippen molar-refractivity contribution in [1.29, 1.82) is 0 Å². The van der Waals surface area contributed by atoms with Crippen molar-refractivity contribution in [2.45, 2.75) is 45.6 Å². The Hall–Kier alpha value is -0.770. The monoisotopic (exact) mass is 253 g/mol. The zero-order chi connectivity index (χ0) is 13.0. The fourth-order valence-electron chi connectivity index (χ4n) is 3.10. The van der Waals surface area contributed by atoms with Gasteiger partial charge in [-0.05, 0) is 44.7 Å². The second kappa shape index (κ2) is 6.41. The van der Waals surface area contributed by atoms with E-state index in [1.165, 1.54) is 19.4 Å². The Balaban J connectivity index is 1.79. The first-order valence-electron chi connectivity index (χ1n) is 7.46. The van der Waals surface area contributed by atoms with Gasteiger partial charge in [-0.15, -0.1) is 0 Å². The van der Waals surface area contributed by atoms with Crippen LogP contribution in [0.4, 0.5) is 4.79 Å². The van der Waals surface area contributed by atoms with Gasteiger partial charge in [-0.3, -0.25) is 0 Å². The quantitative estimate of drug-likeness (QED) is 0.816. The highest BCUT2D eigenvalue weighted by atomic mass is 16.2. The molecule has 0 aromatic rings. The molecule has 0 aliphatic carbocycles. The summed E-state index contributed by atoms with van der Waals surface area (Å²) in [5.74, 6) is 0.656. The summed E-state index contributed by atoms with van der Waals surface area (Å²) in [4.78, 5) is 16.6. The van der Waals surface area contributed by atoms with E-state index in [1.807, 2.05) is 4.90 Å². The molecule has 0 radical (unpaired) electrons. The highest BCUT2D eigenvalue weighted by Gasteiger charge is 2.25. The molecule has 0 spiro atoms. The fourth-order valence-corrected chi connectivity index (χ4v) is 3.10. The maximum absolute atomic E-state index is 12.2. The zero-order valence-corrected chi connectivity index (χ0v) is 11.8.